The number of hydrogen-bond acceptors (Lipinski definition) is 6. The molecule has 2 N–H and O–H groups in total. The summed E-state index contributed by atoms with van der Waals surface area (Å²) in [6, 6.07) is 10.0. The van der Waals surface area contributed by atoms with Crippen LogP contribution in [-0.2, 0) is 13.1 Å². The Kier molecular flexibility index (Phi) is 10.1. The van der Waals surface area contributed by atoms with E-state index in [1.165, 1.54) is 12.1 Å². The van der Waals surface area contributed by atoms with Crippen molar-refractivity contribution in [3.63, 3.8) is 0 Å². The van der Waals surface area contributed by atoms with E-state index in [0.29, 0.717) is 37.6 Å². The van der Waals surface area contributed by atoms with Crippen molar-refractivity contribution in [1.29, 1.82) is 0 Å². The first-order valence-electron chi connectivity index (χ1n) is 9.47. The molecule has 3 heterocycles. The van der Waals surface area contributed by atoms with Crippen molar-refractivity contribution in [2.75, 3.05) is 39.3 Å². The van der Waals surface area contributed by atoms with Crippen LogP contribution in [0.1, 0.15) is 32.4 Å². The Hall–Kier alpha value is -1.65. The molecule has 0 saturated carbocycles. The minimum atomic E-state index is -1.03. The van der Waals surface area contributed by atoms with E-state index in [4.69, 9.17) is 10.2 Å². The molecule has 1 saturated heterocycles. The van der Waals surface area contributed by atoms with Crippen LogP contribution in [0.15, 0.2) is 36.4 Å². The minimum Gasteiger partial charge on any atom is -0.660 e. The summed E-state index contributed by atoms with van der Waals surface area (Å²) in [7, 11) is 0. The molecule has 1 aliphatic rings. The van der Waals surface area contributed by atoms with E-state index in [0.717, 1.165) is 26.2 Å². The van der Waals surface area contributed by atoms with E-state index >= 15 is 0 Å². The number of aromatic carboxylic acids is 2. The van der Waals surface area contributed by atoms with Crippen LogP contribution in [0.2, 0.25) is 0 Å². The smallest absolute Gasteiger partial charge is 0.660 e. The van der Waals surface area contributed by atoms with E-state index in [2.05, 4.69) is 25.1 Å². The van der Waals surface area contributed by atoms with Crippen molar-refractivity contribution in [2.45, 2.75) is 13.1 Å². The van der Waals surface area contributed by atoms with Crippen LogP contribution in [-0.4, -0.2) is 81.2 Å². The van der Waals surface area contributed by atoms with Crippen molar-refractivity contribution in [2.24, 2.45) is 0 Å². The Bertz CT molecular complexity index is 797. The van der Waals surface area contributed by atoms with Gasteiger partial charge in [-0.1, -0.05) is 12.1 Å². The number of carbonyl (C=O) groups is 2. The summed E-state index contributed by atoms with van der Waals surface area (Å²) in [5.74, 6) is -2.07. The van der Waals surface area contributed by atoms with Gasteiger partial charge < -0.3 is 15.5 Å². The van der Waals surface area contributed by atoms with Crippen molar-refractivity contribution in [3.05, 3.63) is 64.5 Å². The maximum Gasteiger partial charge on any atom is 3.00 e. The fourth-order valence-electron chi connectivity index (χ4n) is 3.19. The van der Waals surface area contributed by atoms with Crippen LogP contribution < -0.4 is 0 Å². The standard InChI is InChI=1S/C20H24N5O4.Lu/c26-19(27)17-5-1-3-15(22-17)13-24-9-7-21-8-10-25(12-11-24)14-16-4-2-6-18(23-16)20(28)29;/h1-6H,7-14H2,(H,26,27)(H,28,29);/q-1;+3. The molecule has 0 radical (unpaired) electrons. The van der Waals surface area contributed by atoms with Gasteiger partial charge in [-0.2, -0.15) is 0 Å². The third-order valence-electron chi connectivity index (χ3n) is 4.70. The average molecular weight is 573 g/mol. The Morgan fingerprint density at radius 1 is 0.800 bits per heavy atom. The van der Waals surface area contributed by atoms with Crippen molar-refractivity contribution in [1.82, 2.24) is 19.8 Å². The van der Waals surface area contributed by atoms with Gasteiger partial charge in [0.1, 0.15) is 11.4 Å². The topological polar surface area (TPSA) is 121 Å². The number of aromatic nitrogens is 2. The van der Waals surface area contributed by atoms with Gasteiger partial charge in [0.15, 0.2) is 0 Å². The van der Waals surface area contributed by atoms with E-state index in [1.807, 2.05) is 12.1 Å². The number of nitrogens with zero attached hydrogens (tertiary/aromatic N) is 5. The summed E-state index contributed by atoms with van der Waals surface area (Å²) < 4.78 is 0. The molecule has 1 fully saturated rings. The van der Waals surface area contributed by atoms with Gasteiger partial charge in [-0.05, 0) is 37.4 Å². The molecule has 0 bridgehead atoms. The molecule has 9 nitrogen and oxygen atoms in total. The summed E-state index contributed by atoms with van der Waals surface area (Å²) in [4.78, 5) is 35.1. The molecule has 2 aromatic rings. The summed E-state index contributed by atoms with van der Waals surface area (Å²) in [5, 5.41) is 22.8. The molecule has 166 valence electrons. The monoisotopic (exact) mass is 573 g/mol. The van der Waals surface area contributed by atoms with E-state index < -0.39 is 11.9 Å². The van der Waals surface area contributed by atoms with Crippen LogP contribution in [0, 0.1) is 36.9 Å². The predicted octanol–water partition coefficient (Wildman–Crippen LogP) is 1.56. The zero-order valence-corrected chi connectivity index (χ0v) is 18.0. The van der Waals surface area contributed by atoms with Crippen LogP contribution in [0.25, 0.3) is 5.32 Å². The number of hydrogen-bond donors (Lipinski definition) is 2. The van der Waals surface area contributed by atoms with Gasteiger partial charge in [0.05, 0.1) is 11.4 Å². The molecule has 10 heteroatoms. The largest absolute Gasteiger partial charge is 3.00 e. The summed E-state index contributed by atoms with van der Waals surface area (Å²) in [5.41, 5.74) is 1.52. The summed E-state index contributed by atoms with van der Waals surface area (Å²) >= 11 is 0. The zero-order valence-electron chi connectivity index (χ0n) is 16.3. The Balaban J connectivity index is 0.00000320. The van der Waals surface area contributed by atoms with Crippen molar-refractivity contribution >= 4 is 11.9 Å². The van der Waals surface area contributed by atoms with E-state index in [9.17, 15) is 9.59 Å². The molecule has 0 spiro atoms. The minimum absolute atomic E-state index is 0. The maximum atomic E-state index is 11.1. The Labute approximate surface area is 204 Å². The normalized spacial score (nSPS) is 16.0. The number of rotatable bonds is 6. The number of carboxylic acids is 2. The second-order valence-corrected chi connectivity index (χ2v) is 6.86. The Morgan fingerprint density at radius 3 is 1.63 bits per heavy atom. The molecule has 0 unspecified atom stereocenters. The molecule has 0 aromatic carbocycles. The zero-order chi connectivity index (χ0) is 20.6. The summed E-state index contributed by atoms with van der Waals surface area (Å²) in [6.07, 6.45) is 0. The van der Waals surface area contributed by atoms with Gasteiger partial charge in [0.25, 0.3) is 0 Å². The van der Waals surface area contributed by atoms with Gasteiger partial charge in [0, 0.05) is 26.2 Å². The van der Waals surface area contributed by atoms with Crippen LogP contribution in [0.3, 0.4) is 0 Å². The molecule has 0 amide bonds. The molecule has 3 rings (SSSR count). The first-order chi connectivity index (χ1) is 14.0. The first kappa shape index (κ1) is 24.6. The van der Waals surface area contributed by atoms with Gasteiger partial charge in [0.2, 0.25) is 0 Å². The second kappa shape index (κ2) is 12.3. The van der Waals surface area contributed by atoms with Crippen LogP contribution in [0.5, 0.6) is 0 Å². The second-order valence-electron chi connectivity index (χ2n) is 6.86. The number of carboxylic acid groups (broad SMARTS) is 2. The first-order valence-corrected chi connectivity index (χ1v) is 9.47. The quantitative estimate of drug-likeness (QED) is 0.535. The van der Waals surface area contributed by atoms with Crippen LogP contribution >= 0.6 is 0 Å². The van der Waals surface area contributed by atoms with Gasteiger partial charge in [-0.15, -0.1) is 13.1 Å². The molecular weight excluding hydrogens is 549 g/mol. The van der Waals surface area contributed by atoms with E-state index in [-0.39, 0.29) is 48.3 Å². The summed E-state index contributed by atoms with van der Waals surface area (Å²) in [6.45, 7) is 5.62. The third-order valence-corrected chi connectivity index (χ3v) is 4.70. The molecule has 30 heavy (non-hydrogen) atoms. The predicted molar refractivity (Wildman–Crippen MR) is 106 cm³/mol. The molecule has 0 atom stereocenters. The van der Waals surface area contributed by atoms with Gasteiger partial charge in [-0.3, -0.25) is 9.80 Å². The van der Waals surface area contributed by atoms with Gasteiger partial charge >= 0.3 is 48.8 Å². The maximum absolute atomic E-state index is 11.1. The molecular formula is C20H24LuN5O4+2. The van der Waals surface area contributed by atoms with Crippen molar-refractivity contribution < 1.29 is 56.7 Å². The third kappa shape index (κ3) is 7.55. The Morgan fingerprint density at radius 2 is 1.23 bits per heavy atom. The molecule has 0 aliphatic carbocycles. The fraction of sp³-hybridized carbons (Fsp3) is 0.400. The van der Waals surface area contributed by atoms with Crippen molar-refractivity contribution in [3.8, 4) is 0 Å². The van der Waals surface area contributed by atoms with Gasteiger partial charge in [-0.25, -0.2) is 19.6 Å². The molecule has 1 aliphatic heterocycles. The fourth-order valence-corrected chi connectivity index (χ4v) is 3.19. The SMILES string of the molecule is O=C(O)c1cccc(CN2CC[N-]CCN(Cc3cccc(C(=O)O)n3)CC2)n1.[Lu+3]. The van der Waals surface area contributed by atoms with Crippen LogP contribution in [0.4, 0.5) is 0 Å². The average Bonchev–Trinajstić information content (AvgIpc) is 2.81. The molecule has 2 aromatic heterocycles. The number of pyridine rings is 2. The van der Waals surface area contributed by atoms with E-state index in [1.54, 1.807) is 12.1 Å².